The Morgan fingerprint density at radius 3 is 2.00 bits per heavy atom. The summed E-state index contributed by atoms with van der Waals surface area (Å²) in [5.74, 6) is 0. The highest BCUT2D eigenvalue weighted by atomic mass is 127. The van der Waals surface area contributed by atoms with E-state index in [4.69, 9.17) is 23.2 Å². The molecule has 0 radical (unpaired) electrons. The Kier molecular flexibility index (Phi) is 1.76. The lowest BCUT2D eigenvalue weighted by molar-refractivity contribution is 0.666. The minimum Gasteiger partial charge on any atom is -0.101 e. The van der Waals surface area contributed by atoms with Crippen molar-refractivity contribution in [2.24, 2.45) is 5.41 Å². The summed E-state index contributed by atoms with van der Waals surface area (Å²) in [7, 11) is 0. The van der Waals surface area contributed by atoms with Crippen molar-refractivity contribution in [1.29, 1.82) is 0 Å². The Morgan fingerprint density at radius 2 is 2.00 bits per heavy atom. The fraction of sp³-hybridized carbons (Fsp3) is 1.00. The van der Waals surface area contributed by atoms with E-state index in [0.717, 1.165) is 10.8 Å². The van der Waals surface area contributed by atoms with Gasteiger partial charge in [-0.3, -0.25) is 0 Å². The van der Waals surface area contributed by atoms with E-state index in [-0.39, 0.29) is 5.41 Å². The van der Waals surface area contributed by atoms with Crippen LogP contribution in [0, 0.1) is 5.41 Å². The highest BCUT2D eigenvalue weighted by Gasteiger charge is 2.61. The van der Waals surface area contributed by atoms with Crippen molar-refractivity contribution in [3.63, 3.8) is 0 Å². The molecule has 0 saturated heterocycles. The third-order valence-corrected chi connectivity index (χ3v) is 4.53. The van der Waals surface area contributed by atoms with Gasteiger partial charge in [0.25, 0.3) is 0 Å². The molecule has 0 amide bonds. The van der Waals surface area contributed by atoms with Crippen molar-refractivity contribution in [3.05, 3.63) is 0 Å². The average molecular weight is 265 g/mol. The van der Waals surface area contributed by atoms with Crippen LogP contribution in [-0.2, 0) is 0 Å². The Labute approximate surface area is 73.1 Å². The van der Waals surface area contributed by atoms with Crippen LogP contribution in [0.3, 0.4) is 0 Å². The molecule has 1 aliphatic rings. The predicted octanol–water partition coefficient (Wildman–Crippen LogP) is 3.01. The topological polar surface area (TPSA) is 0 Å². The van der Waals surface area contributed by atoms with Crippen LogP contribution >= 0.6 is 45.8 Å². The first kappa shape index (κ1) is 7.42. The molecular weight excluding hydrogens is 258 g/mol. The lowest BCUT2D eigenvalue weighted by atomic mass is 10.2. The van der Waals surface area contributed by atoms with Crippen molar-refractivity contribution in [2.75, 3.05) is 4.43 Å². The highest BCUT2D eigenvalue weighted by Crippen LogP contribution is 2.64. The molecule has 48 valence electrons. The Hall–Kier alpha value is 1.31. The zero-order valence-electron chi connectivity index (χ0n) is 4.55. The van der Waals surface area contributed by atoms with Gasteiger partial charge in [0.1, 0.15) is 4.33 Å². The normalized spacial score (nSPS) is 42.0. The van der Waals surface area contributed by atoms with E-state index in [9.17, 15) is 0 Å². The summed E-state index contributed by atoms with van der Waals surface area (Å²) in [6.45, 7) is 2.11. The van der Waals surface area contributed by atoms with Gasteiger partial charge in [-0.05, 0) is 6.42 Å². The summed E-state index contributed by atoms with van der Waals surface area (Å²) < 4.78 is 0.645. The van der Waals surface area contributed by atoms with Gasteiger partial charge < -0.3 is 0 Å². The van der Waals surface area contributed by atoms with Gasteiger partial charge >= 0.3 is 0 Å². The van der Waals surface area contributed by atoms with Crippen LogP contribution in [0.2, 0.25) is 0 Å². The fourth-order valence-corrected chi connectivity index (χ4v) is 2.69. The predicted molar refractivity (Wildman–Crippen MR) is 46.0 cm³/mol. The van der Waals surface area contributed by atoms with Gasteiger partial charge in [-0.25, -0.2) is 0 Å². The summed E-state index contributed by atoms with van der Waals surface area (Å²) in [5, 5.41) is 0. The molecule has 0 aromatic heterocycles. The quantitative estimate of drug-likeness (QED) is 0.505. The van der Waals surface area contributed by atoms with Crippen molar-refractivity contribution < 1.29 is 0 Å². The van der Waals surface area contributed by atoms with Crippen LogP contribution < -0.4 is 0 Å². The first-order valence-electron chi connectivity index (χ1n) is 2.46. The van der Waals surface area contributed by atoms with E-state index in [0.29, 0.717) is 0 Å². The van der Waals surface area contributed by atoms with E-state index in [1.54, 1.807) is 0 Å². The van der Waals surface area contributed by atoms with Crippen LogP contribution in [-0.4, -0.2) is 8.76 Å². The molecule has 1 rings (SSSR count). The number of hydrogen-bond acceptors (Lipinski definition) is 0. The molecule has 0 aromatic rings. The first-order valence-corrected chi connectivity index (χ1v) is 4.74. The maximum absolute atomic E-state index is 5.81. The fourth-order valence-electron chi connectivity index (χ4n) is 0.591. The summed E-state index contributed by atoms with van der Waals surface area (Å²) in [4.78, 5) is 0. The van der Waals surface area contributed by atoms with E-state index in [2.05, 4.69) is 29.5 Å². The highest BCUT2D eigenvalue weighted by molar-refractivity contribution is 14.1. The largest absolute Gasteiger partial charge is 0.125 e. The van der Waals surface area contributed by atoms with Crippen molar-refractivity contribution in [2.45, 2.75) is 17.7 Å². The van der Waals surface area contributed by atoms with Crippen LogP contribution in [0.25, 0.3) is 0 Å². The van der Waals surface area contributed by atoms with E-state index in [1.165, 1.54) is 0 Å². The molecule has 0 bridgehead atoms. The minimum absolute atomic E-state index is 0.205. The first-order chi connectivity index (χ1) is 3.52. The molecule has 8 heavy (non-hydrogen) atoms. The van der Waals surface area contributed by atoms with Gasteiger partial charge in [-0.15, -0.1) is 23.2 Å². The molecular formula is C5H7Cl2I. The van der Waals surface area contributed by atoms with Crippen LogP contribution in [0.15, 0.2) is 0 Å². The average Bonchev–Trinajstić information content (AvgIpc) is 2.10. The molecule has 0 aromatic carbocycles. The maximum Gasteiger partial charge on any atom is 0.125 e. The number of halogens is 3. The lowest BCUT2D eigenvalue weighted by Gasteiger charge is -2.04. The zero-order chi connectivity index (χ0) is 6.41. The molecule has 1 fully saturated rings. The summed E-state index contributed by atoms with van der Waals surface area (Å²) in [6, 6.07) is 0. The van der Waals surface area contributed by atoms with Crippen molar-refractivity contribution in [1.82, 2.24) is 0 Å². The Morgan fingerprint density at radius 1 is 1.62 bits per heavy atom. The van der Waals surface area contributed by atoms with Crippen LogP contribution in [0.1, 0.15) is 13.3 Å². The molecule has 0 nitrogen and oxygen atoms in total. The van der Waals surface area contributed by atoms with Crippen molar-refractivity contribution in [3.8, 4) is 0 Å². The smallest absolute Gasteiger partial charge is 0.101 e. The van der Waals surface area contributed by atoms with E-state index < -0.39 is 4.33 Å². The van der Waals surface area contributed by atoms with Gasteiger partial charge in [0.2, 0.25) is 0 Å². The van der Waals surface area contributed by atoms with Gasteiger partial charge in [-0.2, -0.15) is 0 Å². The minimum atomic E-state index is -0.409. The molecule has 0 N–H and O–H groups in total. The number of hydrogen-bond donors (Lipinski definition) is 0. The van der Waals surface area contributed by atoms with Crippen LogP contribution in [0.4, 0.5) is 0 Å². The zero-order valence-corrected chi connectivity index (χ0v) is 8.22. The molecule has 1 aliphatic carbocycles. The second-order valence-electron chi connectivity index (χ2n) is 2.58. The van der Waals surface area contributed by atoms with E-state index in [1.807, 2.05) is 0 Å². The molecule has 0 spiro atoms. The SMILES string of the molecule is C[C@]1(CI)CC1(Cl)Cl. The second kappa shape index (κ2) is 1.89. The monoisotopic (exact) mass is 264 g/mol. The third kappa shape index (κ3) is 0.971. The van der Waals surface area contributed by atoms with E-state index >= 15 is 0 Å². The molecule has 3 heteroatoms. The molecule has 0 heterocycles. The summed E-state index contributed by atoms with van der Waals surface area (Å²) >= 11 is 13.9. The molecule has 0 aliphatic heterocycles. The maximum atomic E-state index is 5.81. The Balaban J connectivity index is 2.55. The second-order valence-corrected chi connectivity index (χ2v) is 4.82. The van der Waals surface area contributed by atoms with Gasteiger partial charge in [0, 0.05) is 9.84 Å². The van der Waals surface area contributed by atoms with Gasteiger partial charge in [-0.1, -0.05) is 29.5 Å². The lowest BCUT2D eigenvalue weighted by Crippen LogP contribution is -2.04. The molecule has 1 atom stereocenters. The van der Waals surface area contributed by atoms with Gasteiger partial charge in [0.05, 0.1) is 0 Å². The molecule has 0 unspecified atom stereocenters. The standard InChI is InChI=1S/C5H7Cl2I/c1-4(3-8)2-5(4,6)7/h2-3H2,1H3/t4-/m1/s1. The van der Waals surface area contributed by atoms with Crippen molar-refractivity contribution >= 4 is 45.8 Å². The summed E-state index contributed by atoms with van der Waals surface area (Å²) in [6.07, 6.45) is 0.950. The van der Waals surface area contributed by atoms with Crippen LogP contribution in [0.5, 0.6) is 0 Å². The Bertz CT molecular complexity index is 113. The molecule has 1 saturated carbocycles. The summed E-state index contributed by atoms with van der Waals surface area (Å²) in [5.41, 5.74) is 0.205. The van der Waals surface area contributed by atoms with Gasteiger partial charge in [0.15, 0.2) is 0 Å². The third-order valence-electron chi connectivity index (χ3n) is 1.67. The number of rotatable bonds is 1. The number of alkyl halides is 3.